The van der Waals surface area contributed by atoms with Crippen molar-refractivity contribution in [1.29, 1.82) is 0 Å². The lowest BCUT2D eigenvalue weighted by Gasteiger charge is -2.71. The molecule has 4 aliphatic carbocycles. The Bertz CT molecular complexity index is 1510. The zero-order valence-electron chi connectivity index (χ0n) is 34.6. The van der Waals surface area contributed by atoms with Crippen molar-refractivity contribution in [2.24, 2.45) is 68.5 Å². The average Bonchev–Trinajstić information content (AvgIpc) is 3.49. The molecule has 3 saturated carbocycles. The number of nitrogen functional groups attached to an aromatic ring is 1. The Kier molecular flexibility index (Phi) is 10.4. The van der Waals surface area contributed by atoms with Gasteiger partial charge in [0.15, 0.2) is 0 Å². The molecule has 2 heterocycles. The van der Waals surface area contributed by atoms with E-state index in [2.05, 4.69) is 110 Å². The van der Waals surface area contributed by atoms with Crippen molar-refractivity contribution in [3.8, 4) is 0 Å². The van der Waals surface area contributed by atoms with Gasteiger partial charge in [-0.25, -0.2) is 0 Å². The molecule has 1 aliphatic heterocycles. The third-order valence-electron chi connectivity index (χ3n) is 16.9. The van der Waals surface area contributed by atoms with Crippen molar-refractivity contribution in [3.63, 3.8) is 0 Å². The number of allylic oxidation sites excluding steroid dienone is 1. The second-order valence-corrected chi connectivity index (χ2v) is 20.5. The number of hydrogen-bond donors (Lipinski definition) is 3. The number of tetrazole rings is 1. The molecule has 294 valence electrons. The average molecular weight is 725 g/mol. The second kappa shape index (κ2) is 13.6. The molecule has 5 aliphatic rings. The third-order valence-corrected chi connectivity index (χ3v) is 16.9. The van der Waals surface area contributed by atoms with Gasteiger partial charge in [0.05, 0.1) is 31.8 Å². The maximum absolute atomic E-state index is 13.5. The van der Waals surface area contributed by atoms with Crippen LogP contribution in [0, 0.1) is 68.5 Å². The van der Waals surface area contributed by atoms with E-state index in [9.17, 15) is 9.90 Å². The first-order valence-corrected chi connectivity index (χ1v) is 20.6. The van der Waals surface area contributed by atoms with Gasteiger partial charge in [-0.1, -0.05) is 92.9 Å². The van der Waals surface area contributed by atoms with Gasteiger partial charge in [0.2, 0.25) is 0 Å². The molecule has 1 saturated heterocycles. The first kappa shape index (κ1) is 39.6. The van der Waals surface area contributed by atoms with Gasteiger partial charge in [-0.2, -0.15) is 4.80 Å². The normalized spacial score (nSPS) is 41.9. The molecule has 4 N–H and O–H groups in total. The monoisotopic (exact) mass is 725 g/mol. The number of anilines is 1. The number of hydrogen-bond acceptors (Lipinski definition) is 8. The Hall–Kier alpha value is -2.04. The zero-order valence-corrected chi connectivity index (χ0v) is 34.6. The summed E-state index contributed by atoms with van der Waals surface area (Å²) in [6, 6.07) is -0.170. The minimum absolute atomic E-state index is 0.149. The summed E-state index contributed by atoms with van der Waals surface area (Å²) < 4.78 is 14.0. The molecule has 0 unspecified atom stereocenters. The predicted octanol–water partition coefficient (Wildman–Crippen LogP) is 7.82. The highest BCUT2D eigenvalue weighted by Crippen LogP contribution is 2.75. The number of rotatable bonds is 12. The van der Waals surface area contributed by atoms with Crippen molar-refractivity contribution in [3.05, 3.63) is 11.6 Å². The standard InChI is InChI=1S/C42H72N6O4/c1-25(2)16-20-44-41(12,27(5)6)23-52-34-31(48-46-36(43)45-47-48)21-42-24-51-22-38(34,9)32(42)14-13-29-30(42)15-17-40(11)33(35(49)50)37(8,28(7)26(3)4)18-19-39(29,40)10/h15,25-29,31-34,44H,13-14,16-24H2,1-12H3,(H2,43,46)(H,49,50)/t28-,29+,31-,32+,33-,34+,37-,38-,39-,40+,41-,42+/m1/s1. The van der Waals surface area contributed by atoms with Gasteiger partial charge >= 0.3 is 5.97 Å². The highest BCUT2D eigenvalue weighted by molar-refractivity contribution is 5.73. The zero-order chi connectivity index (χ0) is 38.2. The van der Waals surface area contributed by atoms with Gasteiger partial charge in [-0.15, -0.1) is 5.10 Å². The van der Waals surface area contributed by atoms with Crippen LogP contribution in [0.3, 0.4) is 0 Å². The van der Waals surface area contributed by atoms with Gasteiger partial charge in [-0.3, -0.25) is 4.79 Å². The number of carboxylic acid groups (broad SMARTS) is 1. The molecule has 12 atom stereocenters. The van der Waals surface area contributed by atoms with Gasteiger partial charge in [0.1, 0.15) is 6.04 Å². The van der Waals surface area contributed by atoms with Gasteiger partial charge < -0.3 is 25.6 Å². The van der Waals surface area contributed by atoms with Crippen LogP contribution in [0.25, 0.3) is 0 Å². The minimum Gasteiger partial charge on any atom is -0.481 e. The minimum atomic E-state index is -0.625. The fourth-order valence-electron chi connectivity index (χ4n) is 12.8. The first-order chi connectivity index (χ1) is 24.2. The summed E-state index contributed by atoms with van der Waals surface area (Å²) in [5.74, 6) is 1.50. The molecular formula is C42H72N6O4. The van der Waals surface area contributed by atoms with Crippen molar-refractivity contribution in [2.75, 3.05) is 32.1 Å². The highest BCUT2D eigenvalue weighted by atomic mass is 16.5. The number of aliphatic carboxylic acids is 1. The second-order valence-electron chi connectivity index (χ2n) is 20.5. The molecule has 0 spiro atoms. The maximum Gasteiger partial charge on any atom is 0.307 e. The molecule has 1 aromatic heterocycles. The van der Waals surface area contributed by atoms with Crippen LogP contribution < -0.4 is 11.1 Å². The Morgan fingerprint density at radius 3 is 2.40 bits per heavy atom. The lowest BCUT2D eigenvalue weighted by molar-refractivity contribution is -0.254. The van der Waals surface area contributed by atoms with Crippen LogP contribution in [0.15, 0.2) is 11.6 Å². The number of fused-ring (bicyclic) bond motifs is 3. The van der Waals surface area contributed by atoms with E-state index in [1.54, 1.807) is 4.80 Å². The maximum atomic E-state index is 13.5. The Balaban J connectivity index is 1.40. The lowest BCUT2D eigenvalue weighted by atomic mass is 9.34. The smallest absolute Gasteiger partial charge is 0.307 e. The van der Waals surface area contributed by atoms with Crippen LogP contribution >= 0.6 is 0 Å². The molecule has 4 fully saturated rings. The first-order valence-electron chi connectivity index (χ1n) is 20.6. The van der Waals surface area contributed by atoms with Crippen molar-refractivity contribution in [1.82, 2.24) is 25.5 Å². The fraction of sp³-hybridized carbons (Fsp3) is 0.905. The van der Waals surface area contributed by atoms with Gasteiger partial charge in [0, 0.05) is 16.4 Å². The Morgan fingerprint density at radius 1 is 1.10 bits per heavy atom. The molecule has 0 aromatic carbocycles. The lowest BCUT2D eigenvalue weighted by Crippen LogP contribution is -2.69. The van der Waals surface area contributed by atoms with E-state index in [-0.39, 0.29) is 56.6 Å². The Labute approximate surface area is 314 Å². The summed E-state index contributed by atoms with van der Waals surface area (Å²) in [4.78, 5) is 15.3. The van der Waals surface area contributed by atoms with Crippen molar-refractivity contribution < 1.29 is 19.4 Å². The summed E-state index contributed by atoms with van der Waals surface area (Å²) in [7, 11) is 0. The van der Waals surface area contributed by atoms with Gasteiger partial charge in [-0.05, 0) is 115 Å². The van der Waals surface area contributed by atoms with E-state index in [1.165, 1.54) is 5.57 Å². The summed E-state index contributed by atoms with van der Waals surface area (Å²) >= 11 is 0. The SMILES string of the molecule is CC(C)CCN[C@](C)(CO[C@H]1[C@H](n2nnc(N)n2)C[C@@]23COC[C@]1(C)[C@@H]2CC[C@H]1C3=CC[C@@]2(C)[C@H](C(=O)O)[C@@](C)([C@H](C)C(C)C)CC[C@]12C)C(C)C. The molecule has 52 heavy (non-hydrogen) atoms. The number of carboxylic acids is 1. The molecule has 10 nitrogen and oxygen atoms in total. The van der Waals surface area contributed by atoms with E-state index < -0.39 is 11.9 Å². The van der Waals surface area contributed by atoms with E-state index in [0.717, 1.165) is 51.5 Å². The molecule has 1 aromatic rings. The summed E-state index contributed by atoms with van der Waals surface area (Å²) in [6.07, 6.45) is 9.08. The topological polar surface area (TPSA) is 137 Å². The number of aromatic nitrogens is 4. The van der Waals surface area contributed by atoms with Crippen molar-refractivity contribution in [2.45, 2.75) is 146 Å². The summed E-state index contributed by atoms with van der Waals surface area (Å²) in [5.41, 5.74) is 6.13. The number of nitrogens with one attached hydrogen (secondary N) is 1. The van der Waals surface area contributed by atoms with Crippen LogP contribution in [0.2, 0.25) is 0 Å². The largest absolute Gasteiger partial charge is 0.481 e. The summed E-state index contributed by atoms with van der Waals surface area (Å²) in [6.45, 7) is 30.4. The number of carbonyl (C=O) groups is 1. The van der Waals surface area contributed by atoms with Crippen LogP contribution in [-0.2, 0) is 14.3 Å². The third kappa shape index (κ3) is 5.89. The van der Waals surface area contributed by atoms with Gasteiger partial charge in [0.25, 0.3) is 5.95 Å². The van der Waals surface area contributed by atoms with Crippen LogP contribution in [0.1, 0.15) is 134 Å². The van der Waals surface area contributed by atoms with E-state index >= 15 is 0 Å². The summed E-state index contributed by atoms with van der Waals surface area (Å²) in [5, 5.41) is 28.3. The molecule has 6 rings (SSSR count). The predicted molar refractivity (Wildman–Crippen MR) is 205 cm³/mol. The molecule has 2 bridgehead atoms. The van der Waals surface area contributed by atoms with Crippen LogP contribution in [-0.4, -0.2) is 69.3 Å². The number of ether oxygens (including phenoxy) is 2. The van der Waals surface area contributed by atoms with Crippen LogP contribution in [0.4, 0.5) is 5.95 Å². The van der Waals surface area contributed by atoms with E-state index in [4.69, 9.17) is 15.2 Å². The molecule has 0 amide bonds. The highest BCUT2D eigenvalue weighted by Gasteiger charge is 2.72. The Morgan fingerprint density at radius 2 is 1.81 bits per heavy atom. The van der Waals surface area contributed by atoms with E-state index in [0.29, 0.717) is 49.4 Å². The fourth-order valence-corrected chi connectivity index (χ4v) is 12.8. The molecule has 0 radical (unpaired) electrons. The molecular weight excluding hydrogens is 653 g/mol. The van der Waals surface area contributed by atoms with Crippen LogP contribution in [0.5, 0.6) is 0 Å². The van der Waals surface area contributed by atoms with E-state index in [1.807, 2.05) is 0 Å². The van der Waals surface area contributed by atoms with Crippen molar-refractivity contribution >= 4 is 11.9 Å². The number of nitrogens with two attached hydrogens (primary N) is 1. The quantitative estimate of drug-likeness (QED) is 0.184. The number of nitrogens with zero attached hydrogens (tertiary/aromatic N) is 4. The molecule has 10 heteroatoms.